The van der Waals surface area contributed by atoms with Gasteiger partial charge in [-0.15, -0.1) is 0 Å². The normalized spacial score (nSPS) is 22.6. The number of amidine groups is 1. The van der Waals surface area contributed by atoms with Gasteiger partial charge in [0.25, 0.3) is 0 Å². The number of hydrogen-bond donors (Lipinski definition) is 1. The first kappa shape index (κ1) is 15.8. The lowest BCUT2D eigenvalue weighted by atomic mass is 9.94. The summed E-state index contributed by atoms with van der Waals surface area (Å²) in [4.78, 5) is 6.70. The van der Waals surface area contributed by atoms with Crippen LogP contribution in [0.2, 0.25) is 0 Å². The highest BCUT2D eigenvalue weighted by Crippen LogP contribution is 2.46. The average Bonchev–Trinajstić information content (AvgIpc) is 2.79. The first-order valence-corrected chi connectivity index (χ1v) is 9.70. The van der Waals surface area contributed by atoms with Gasteiger partial charge in [-0.3, -0.25) is 4.99 Å². The number of halogens is 3. The summed E-state index contributed by atoms with van der Waals surface area (Å²) < 4.78 is 2.88. The van der Waals surface area contributed by atoms with Crippen molar-refractivity contribution in [3.63, 3.8) is 0 Å². The monoisotopic (exact) mass is 498 g/mol. The SMILES string of the molecule is OC1(c2ccc(Br)cc2)c2cc(Br)c(Br)cc2C2=NCCCN21. The second-order valence-electron chi connectivity index (χ2n) is 5.70. The third-order valence-electron chi connectivity index (χ3n) is 4.37. The van der Waals surface area contributed by atoms with Crippen LogP contribution in [0.4, 0.5) is 0 Å². The van der Waals surface area contributed by atoms with Crippen LogP contribution in [-0.4, -0.2) is 28.9 Å². The molecule has 1 N–H and O–H groups in total. The number of aliphatic hydroxyl groups is 1. The van der Waals surface area contributed by atoms with Crippen LogP contribution in [0, 0.1) is 0 Å². The average molecular weight is 501 g/mol. The van der Waals surface area contributed by atoms with Gasteiger partial charge in [0.15, 0.2) is 5.72 Å². The zero-order chi connectivity index (χ0) is 16.2. The molecule has 4 rings (SSSR count). The molecule has 2 aliphatic rings. The summed E-state index contributed by atoms with van der Waals surface area (Å²) in [6.45, 7) is 1.59. The fourth-order valence-corrected chi connectivity index (χ4v) is 4.26. The summed E-state index contributed by atoms with van der Waals surface area (Å²) in [5.41, 5.74) is 1.53. The maximum Gasteiger partial charge on any atom is 0.193 e. The molecule has 1 unspecified atom stereocenters. The summed E-state index contributed by atoms with van der Waals surface area (Å²) in [5, 5.41) is 11.7. The van der Waals surface area contributed by atoms with Crippen LogP contribution in [0.5, 0.6) is 0 Å². The van der Waals surface area contributed by atoms with Gasteiger partial charge in [-0.2, -0.15) is 0 Å². The van der Waals surface area contributed by atoms with Crippen molar-refractivity contribution in [2.24, 2.45) is 4.99 Å². The molecule has 2 heterocycles. The molecule has 23 heavy (non-hydrogen) atoms. The summed E-state index contributed by atoms with van der Waals surface area (Å²) in [6.07, 6.45) is 0.943. The van der Waals surface area contributed by atoms with Crippen LogP contribution in [0.15, 0.2) is 54.8 Å². The van der Waals surface area contributed by atoms with Gasteiger partial charge < -0.3 is 10.0 Å². The first-order chi connectivity index (χ1) is 11.0. The third-order valence-corrected chi connectivity index (χ3v) is 6.74. The molecule has 0 amide bonds. The molecule has 2 aromatic rings. The largest absolute Gasteiger partial charge is 0.363 e. The summed E-state index contributed by atoms with van der Waals surface area (Å²) in [6, 6.07) is 11.9. The minimum atomic E-state index is -1.18. The molecule has 0 saturated heterocycles. The van der Waals surface area contributed by atoms with E-state index in [1.807, 2.05) is 41.3 Å². The topological polar surface area (TPSA) is 35.8 Å². The number of rotatable bonds is 1. The second kappa shape index (κ2) is 5.69. The Hall–Kier alpha value is -0.690. The van der Waals surface area contributed by atoms with Crippen molar-refractivity contribution in [3.8, 4) is 0 Å². The Morgan fingerprint density at radius 2 is 1.74 bits per heavy atom. The van der Waals surface area contributed by atoms with Gasteiger partial charge in [0, 0.05) is 43.2 Å². The number of fused-ring (bicyclic) bond motifs is 3. The Kier molecular flexibility index (Phi) is 3.91. The summed E-state index contributed by atoms with van der Waals surface area (Å²) in [7, 11) is 0. The van der Waals surface area contributed by atoms with E-state index in [1.54, 1.807) is 0 Å². The van der Waals surface area contributed by atoms with Gasteiger partial charge in [0.2, 0.25) is 0 Å². The van der Waals surface area contributed by atoms with Crippen molar-refractivity contribution in [2.45, 2.75) is 12.1 Å². The second-order valence-corrected chi connectivity index (χ2v) is 8.33. The van der Waals surface area contributed by atoms with Crippen molar-refractivity contribution < 1.29 is 5.11 Å². The molecule has 0 fully saturated rings. The van der Waals surface area contributed by atoms with E-state index in [0.29, 0.717) is 0 Å². The number of benzene rings is 2. The highest BCUT2D eigenvalue weighted by atomic mass is 79.9. The molecule has 0 bridgehead atoms. The van der Waals surface area contributed by atoms with Crippen molar-refractivity contribution in [1.29, 1.82) is 0 Å². The van der Waals surface area contributed by atoms with E-state index in [4.69, 9.17) is 0 Å². The molecule has 0 aromatic heterocycles. The van der Waals surface area contributed by atoms with Gasteiger partial charge in [0.1, 0.15) is 5.84 Å². The molecule has 2 aliphatic heterocycles. The lowest BCUT2D eigenvalue weighted by molar-refractivity contribution is -0.0318. The third kappa shape index (κ3) is 2.34. The Morgan fingerprint density at radius 3 is 2.48 bits per heavy atom. The zero-order valence-electron chi connectivity index (χ0n) is 12.1. The Balaban J connectivity index is 2.00. The summed E-state index contributed by atoms with van der Waals surface area (Å²) in [5.74, 6) is 0.880. The number of nitrogens with zero attached hydrogens (tertiary/aromatic N) is 2. The minimum absolute atomic E-state index is 0.787. The lowest BCUT2D eigenvalue weighted by Gasteiger charge is -2.37. The van der Waals surface area contributed by atoms with E-state index in [0.717, 1.165) is 55.5 Å². The maximum absolute atomic E-state index is 11.7. The smallest absolute Gasteiger partial charge is 0.193 e. The van der Waals surface area contributed by atoms with Crippen LogP contribution < -0.4 is 0 Å². The van der Waals surface area contributed by atoms with Crippen LogP contribution in [0.3, 0.4) is 0 Å². The van der Waals surface area contributed by atoms with Crippen molar-refractivity contribution >= 4 is 53.6 Å². The quantitative estimate of drug-likeness (QED) is 0.619. The van der Waals surface area contributed by atoms with Crippen LogP contribution >= 0.6 is 47.8 Å². The molecular weight excluding hydrogens is 488 g/mol. The van der Waals surface area contributed by atoms with Gasteiger partial charge >= 0.3 is 0 Å². The highest BCUT2D eigenvalue weighted by Gasteiger charge is 2.49. The first-order valence-electron chi connectivity index (χ1n) is 7.32. The van der Waals surface area contributed by atoms with Crippen molar-refractivity contribution in [1.82, 2.24) is 4.90 Å². The van der Waals surface area contributed by atoms with Crippen molar-refractivity contribution in [2.75, 3.05) is 13.1 Å². The number of hydrogen-bond acceptors (Lipinski definition) is 3. The van der Waals surface area contributed by atoms with E-state index >= 15 is 0 Å². The van der Waals surface area contributed by atoms with E-state index in [9.17, 15) is 5.11 Å². The van der Waals surface area contributed by atoms with Gasteiger partial charge in [-0.05, 0) is 62.5 Å². The molecule has 118 valence electrons. The lowest BCUT2D eigenvalue weighted by Crippen LogP contribution is -2.47. The molecule has 0 saturated carbocycles. The summed E-state index contributed by atoms with van der Waals surface area (Å²) >= 11 is 10.6. The van der Waals surface area contributed by atoms with Gasteiger partial charge in [-0.25, -0.2) is 0 Å². The Morgan fingerprint density at radius 1 is 1.04 bits per heavy atom. The Bertz CT molecular complexity index is 819. The zero-order valence-corrected chi connectivity index (χ0v) is 16.8. The molecule has 0 radical (unpaired) electrons. The predicted molar refractivity (Wildman–Crippen MR) is 102 cm³/mol. The molecular formula is C17H13Br3N2O. The Labute approximate surface area is 159 Å². The highest BCUT2D eigenvalue weighted by molar-refractivity contribution is 9.13. The van der Waals surface area contributed by atoms with E-state index in [2.05, 4.69) is 52.8 Å². The molecule has 0 aliphatic carbocycles. The molecule has 3 nitrogen and oxygen atoms in total. The van der Waals surface area contributed by atoms with E-state index in [1.165, 1.54) is 0 Å². The van der Waals surface area contributed by atoms with Crippen LogP contribution in [0.1, 0.15) is 23.1 Å². The van der Waals surface area contributed by atoms with Crippen LogP contribution in [0.25, 0.3) is 0 Å². The van der Waals surface area contributed by atoms with Crippen LogP contribution in [-0.2, 0) is 5.72 Å². The standard InChI is InChI=1S/C17H13Br3N2O/c18-11-4-2-10(3-5-11)17(23)13-9-15(20)14(19)8-12(13)16-21-6-1-7-22(16)17/h2-5,8-9,23H,1,6-7H2. The fraction of sp³-hybridized carbons (Fsp3) is 0.235. The maximum atomic E-state index is 11.7. The molecule has 6 heteroatoms. The number of aliphatic imine (C=N–C) groups is 1. The minimum Gasteiger partial charge on any atom is -0.363 e. The molecule has 0 spiro atoms. The van der Waals surface area contributed by atoms with Gasteiger partial charge in [0.05, 0.1) is 0 Å². The van der Waals surface area contributed by atoms with Gasteiger partial charge in [-0.1, -0.05) is 28.1 Å². The molecule has 1 atom stereocenters. The van der Waals surface area contributed by atoms with E-state index in [-0.39, 0.29) is 0 Å². The predicted octanol–water partition coefficient (Wildman–Crippen LogP) is 4.63. The molecule has 2 aromatic carbocycles. The van der Waals surface area contributed by atoms with E-state index < -0.39 is 5.72 Å². The van der Waals surface area contributed by atoms with Crippen molar-refractivity contribution in [3.05, 3.63) is 66.5 Å². The fourth-order valence-electron chi connectivity index (χ4n) is 3.31.